The second-order valence-corrected chi connectivity index (χ2v) is 6.81. The number of rotatable bonds is 6. The SMILES string of the molecule is Cc1cc(CN=C(NCC(=O)N(C)C)NCC2CCCO2)ccc1Cl. The summed E-state index contributed by atoms with van der Waals surface area (Å²) in [7, 11) is 3.47. The maximum atomic E-state index is 11.8. The number of benzene rings is 1. The molecule has 7 heteroatoms. The Kier molecular flexibility index (Phi) is 7.52. The Morgan fingerprint density at radius 1 is 1.40 bits per heavy atom. The van der Waals surface area contributed by atoms with Gasteiger partial charge in [0.05, 0.1) is 19.2 Å². The molecule has 0 saturated carbocycles. The number of ether oxygens (including phenoxy) is 1. The standard InChI is InChI=1S/C18H27ClN4O2/c1-13-9-14(6-7-16(13)19)10-20-18(22-12-17(24)23(2)3)21-11-15-5-4-8-25-15/h6-7,9,15H,4-5,8,10-12H2,1-3H3,(H2,20,21,22). The second-order valence-electron chi connectivity index (χ2n) is 6.41. The largest absolute Gasteiger partial charge is 0.376 e. The zero-order chi connectivity index (χ0) is 18.2. The van der Waals surface area contributed by atoms with Gasteiger partial charge in [0, 0.05) is 32.3 Å². The molecule has 1 amide bonds. The molecule has 1 saturated heterocycles. The zero-order valence-electron chi connectivity index (χ0n) is 15.1. The molecule has 1 aliphatic heterocycles. The summed E-state index contributed by atoms with van der Waals surface area (Å²) in [5.74, 6) is 0.604. The van der Waals surface area contributed by atoms with Crippen LogP contribution < -0.4 is 10.6 Å². The molecule has 0 bridgehead atoms. The molecule has 1 aliphatic rings. The van der Waals surface area contributed by atoms with Crippen LogP contribution in [0.15, 0.2) is 23.2 Å². The fourth-order valence-corrected chi connectivity index (χ4v) is 2.60. The number of likely N-dealkylation sites (N-methyl/N-ethyl adjacent to an activating group) is 1. The van der Waals surface area contributed by atoms with Crippen LogP contribution in [0.5, 0.6) is 0 Å². The fourth-order valence-electron chi connectivity index (χ4n) is 2.48. The van der Waals surface area contributed by atoms with Gasteiger partial charge in [0.1, 0.15) is 0 Å². The van der Waals surface area contributed by atoms with Crippen molar-refractivity contribution in [2.75, 3.05) is 33.8 Å². The van der Waals surface area contributed by atoms with E-state index in [1.165, 1.54) is 0 Å². The molecule has 1 heterocycles. The van der Waals surface area contributed by atoms with Crippen LogP contribution in [0.4, 0.5) is 0 Å². The topological polar surface area (TPSA) is 66.0 Å². The highest BCUT2D eigenvalue weighted by Crippen LogP contribution is 2.16. The monoisotopic (exact) mass is 366 g/mol. The Balaban J connectivity index is 1.97. The first-order valence-corrected chi connectivity index (χ1v) is 8.92. The van der Waals surface area contributed by atoms with Crippen LogP contribution in [0.2, 0.25) is 5.02 Å². The molecule has 0 aromatic heterocycles. The minimum absolute atomic E-state index is 0.00560. The van der Waals surface area contributed by atoms with Crippen molar-refractivity contribution in [2.24, 2.45) is 4.99 Å². The first-order valence-electron chi connectivity index (χ1n) is 8.54. The van der Waals surface area contributed by atoms with E-state index >= 15 is 0 Å². The Labute approximate surface area is 154 Å². The average Bonchev–Trinajstić information content (AvgIpc) is 3.10. The predicted octanol–water partition coefficient (Wildman–Crippen LogP) is 1.95. The quantitative estimate of drug-likeness (QED) is 0.596. The maximum absolute atomic E-state index is 11.8. The van der Waals surface area contributed by atoms with Crippen molar-refractivity contribution in [1.82, 2.24) is 15.5 Å². The molecule has 25 heavy (non-hydrogen) atoms. The Morgan fingerprint density at radius 3 is 2.84 bits per heavy atom. The lowest BCUT2D eigenvalue weighted by atomic mass is 10.1. The minimum Gasteiger partial charge on any atom is -0.376 e. The van der Waals surface area contributed by atoms with Crippen LogP contribution in [0.25, 0.3) is 0 Å². The summed E-state index contributed by atoms with van der Waals surface area (Å²) in [6.45, 7) is 4.18. The summed E-state index contributed by atoms with van der Waals surface area (Å²) in [5, 5.41) is 7.11. The normalized spacial score (nSPS) is 17.4. The van der Waals surface area contributed by atoms with Gasteiger partial charge in [-0.05, 0) is 37.0 Å². The summed E-state index contributed by atoms with van der Waals surface area (Å²) in [6, 6.07) is 5.86. The highest BCUT2D eigenvalue weighted by Gasteiger charge is 2.16. The second kappa shape index (κ2) is 9.63. The van der Waals surface area contributed by atoms with E-state index in [0.29, 0.717) is 19.0 Å². The number of aliphatic imine (C=N–C) groups is 1. The van der Waals surface area contributed by atoms with E-state index in [9.17, 15) is 4.79 Å². The number of nitrogens with zero attached hydrogens (tertiary/aromatic N) is 2. The van der Waals surface area contributed by atoms with Crippen LogP contribution >= 0.6 is 11.6 Å². The molecule has 1 aromatic carbocycles. The molecule has 1 aromatic rings. The zero-order valence-corrected chi connectivity index (χ0v) is 15.9. The Hall–Kier alpha value is -1.79. The Morgan fingerprint density at radius 2 is 2.20 bits per heavy atom. The first kappa shape index (κ1) is 19.5. The smallest absolute Gasteiger partial charge is 0.241 e. The van der Waals surface area contributed by atoms with E-state index in [2.05, 4.69) is 15.6 Å². The molecule has 2 rings (SSSR count). The van der Waals surface area contributed by atoms with Gasteiger partial charge >= 0.3 is 0 Å². The summed E-state index contributed by atoms with van der Waals surface area (Å²) < 4.78 is 5.62. The first-order chi connectivity index (χ1) is 12.0. The van der Waals surface area contributed by atoms with Crippen molar-refractivity contribution in [3.05, 3.63) is 34.3 Å². The van der Waals surface area contributed by atoms with E-state index < -0.39 is 0 Å². The number of amides is 1. The van der Waals surface area contributed by atoms with Crippen LogP contribution in [0.1, 0.15) is 24.0 Å². The third kappa shape index (κ3) is 6.55. The fraction of sp³-hybridized carbons (Fsp3) is 0.556. The molecule has 0 radical (unpaired) electrons. The van der Waals surface area contributed by atoms with Crippen LogP contribution in [0, 0.1) is 6.92 Å². The third-order valence-corrected chi connectivity index (χ3v) is 4.49. The van der Waals surface area contributed by atoms with Crippen molar-refractivity contribution >= 4 is 23.5 Å². The van der Waals surface area contributed by atoms with Gasteiger partial charge in [-0.2, -0.15) is 0 Å². The Bertz CT molecular complexity index is 613. The average molecular weight is 367 g/mol. The molecule has 0 aliphatic carbocycles. The molecule has 0 spiro atoms. The molecule has 1 unspecified atom stereocenters. The van der Waals surface area contributed by atoms with Crippen molar-refractivity contribution < 1.29 is 9.53 Å². The lowest BCUT2D eigenvalue weighted by Crippen LogP contribution is -2.45. The lowest BCUT2D eigenvalue weighted by Gasteiger charge is -2.17. The molecule has 2 N–H and O–H groups in total. The number of nitrogens with one attached hydrogen (secondary N) is 2. The molecule has 6 nitrogen and oxygen atoms in total. The van der Waals surface area contributed by atoms with E-state index in [4.69, 9.17) is 16.3 Å². The minimum atomic E-state index is -0.00560. The van der Waals surface area contributed by atoms with E-state index in [-0.39, 0.29) is 18.6 Å². The van der Waals surface area contributed by atoms with Gasteiger partial charge in [-0.25, -0.2) is 4.99 Å². The van der Waals surface area contributed by atoms with Crippen LogP contribution in [-0.4, -0.2) is 56.7 Å². The summed E-state index contributed by atoms with van der Waals surface area (Å²) >= 11 is 6.06. The van der Waals surface area contributed by atoms with Gasteiger partial charge in [-0.3, -0.25) is 4.79 Å². The van der Waals surface area contributed by atoms with Crippen molar-refractivity contribution in [2.45, 2.75) is 32.4 Å². The van der Waals surface area contributed by atoms with Gasteiger partial charge in [0.15, 0.2) is 5.96 Å². The summed E-state index contributed by atoms with van der Waals surface area (Å²) in [5.41, 5.74) is 2.10. The van der Waals surface area contributed by atoms with Crippen molar-refractivity contribution in [3.8, 4) is 0 Å². The number of halogens is 1. The molecular weight excluding hydrogens is 340 g/mol. The van der Waals surface area contributed by atoms with Crippen molar-refractivity contribution in [1.29, 1.82) is 0 Å². The van der Waals surface area contributed by atoms with E-state index in [1.807, 2.05) is 25.1 Å². The van der Waals surface area contributed by atoms with Gasteiger partial charge < -0.3 is 20.3 Å². The van der Waals surface area contributed by atoms with Gasteiger partial charge in [0.2, 0.25) is 5.91 Å². The number of carbonyl (C=O) groups is 1. The molecule has 1 atom stereocenters. The highest BCUT2D eigenvalue weighted by atomic mass is 35.5. The highest BCUT2D eigenvalue weighted by molar-refractivity contribution is 6.31. The van der Waals surface area contributed by atoms with Gasteiger partial charge in [-0.1, -0.05) is 23.7 Å². The number of guanidine groups is 1. The van der Waals surface area contributed by atoms with E-state index in [1.54, 1.807) is 19.0 Å². The number of aryl methyl sites for hydroxylation is 1. The van der Waals surface area contributed by atoms with Crippen molar-refractivity contribution in [3.63, 3.8) is 0 Å². The van der Waals surface area contributed by atoms with Gasteiger partial charge in [-0.15, -0.1) is 0 Å². The molecular formula is C18H27ClN4O2. The van der Waals surface area contributed by atoms with Gasteiger partial charge in [0.25, 0.3) is 0 Å². The van der Waals surface area contributed by atoms with Crippen LogP contribution in [-0.2, 0) is 16.1 Å². The molecule has 138 valence electrons. The summed E-state index contributed by atoms with van der Waals surface area (Å²) in [6.07, 6.45) is 2.34. The number of carbonyl (C=O) groups excluding carboxylic acids is 1. The summed E-state index contributed by atoms with van der Waals surface area (Å²) in [4.78, 5) is 17.9. The third-order valence-electron chi connectivity index (χ3n) is 4.07. The lowest BCUT2D eigenvalue weighted by molar-refractivity contribution is -0.127. The number of hydrogen-bond acceptors (Lipinski definition) is 3. The molecule has 1 fully saturated rings. The number of hydrogen-bond donors (Lipinski definition) is 2. The predicted molar refractivity (Wildman–Crippen MR) is 101 cm³/mol. The maximum Gasteiger partial charge on any atom is 0.241 e. The van der Waals surface area contributed by atoms with Crippen LogP contribution in [0.3, 0.4) is 0 Å². The van der Waals surface area contributed by atoms with E-state index in [0.717, 1.165) is 35.6 Å².